The molecule has 0 spiro atoms. The van der Waals surface area contributed by atoms with E-state index in [0.29, 0.717) is 19.8 Å². The van der Waals surface area contributed by atoms with E-state index in [1.807, 2.05) is 45.0 Å². The number of hydrogen-bond donors (Lipinski definition) is 1. The first-order chi connectivity index (χ1) is 7.60. The molecule has 0 aliphatic rings. The quantitative estimate of drug-likeness (QED) is 0.804. The third-order valence-corrected chi connectivity index (χ3v) is 2.41. The van der Waals surface area contributed by atoms with Crippen molar-refractivity contribution >= 4 is 0 Å². The molecular formula is C13H21NO2. The van der Waals surface area contributed by atoms with Gasteiger partial charge in [0.2, 0.25) is 0 Å². The fourth-order valence-electron chi connectivity index (χ4n) is 1.51. The SMILES string of the molecule is CCOCC(C)(N)c1cccc(OCC)c1. The molecule has 3 heteroatoms. The molecule has 3 nitrogen and oxygen atoms in total. The molecule has 1 unspecified atom stereocenters. The van der Waals surface area contributed by atoms with Crippen LogP contribution >= 0.6 is 0 Å². The van der Waals surface area contributed by atoms with Crippen molar-refractivity contribution in [3.63, 3.8) is 0 Å². The molecule has 0 aliphatic heterocycles. The van der Waals surface area contributed by atoms with Crippen molar-refractivity contribution in [2.45, 2.75) is 26.3 Å². The van der Waals surface area contributed by atoms with Crippen molar-refractivity contribution in [2.75, 3.05) is 19.8 Å². The lowest BCUT2D eigenvalue weighted by Gasteiger charge is -2.25. The van der Waals surface area contributed by atoms with Gasteiger partial charge in [-0.2, -0.15) is 0 Å². The molecule has 0 bridgehead atoms. The third kappa shape index (κ3) is 3.51. The molecule has 1 atom stereocenters. The molecule has 0 aromatic heterocycles. The van der Waals surface area contributed by atoms with E-state index in [1.165, 1.54) is 0 Å². The molecule has 2 N–H and O–H groups in total. The van der Waals surface area contributed by atoms with Crippen molar-refractivity contribution in [3.8, 4) is 5.75 Å². The molecule has 0 aliphatic carbocycles. The third-order valence-electron chi connectivity index (χ3n) is 2.41. The molecule has 0 heterocycles. The van der Waals surface area contributed by atoms with Crippen LogP contribution in [0.5, 0.6) is 5.75 Å². The highest BCUT2D eigenvalue weighted by Gasteiger charge is 2.21. The summed E-state index contributed by atoms with van der Waals surface area (Å²) in [4.78, 5) is 0. The van der Waals surface area contributed by atoms with Crippen molar-refractivity contribution < 1.29 is 9.47 Å². The van der Waals surface area contributed by atoms with E-state index in [-0.39, 0.29) is 0 Å². The van der Waals surface area contributed by atoms with E-state index in [4.69, 9.17) is 15.2 Å². The van der Waals surface area contributed by atoms with Gasteiger partial charge in [-0.25, -0.2) is 0 Å². The second kappa shape index (κ2) is 5.87. The Kier molecular flexibility index (Phi) is 4.77. The molecule has 90 valence electrons. The van der Waals surface area contributed by atoms with Gasteiger partial charge in [0.25, 0.3) is 0 Å². The van der Waals surface area contributed by atoms with Gasteiger partial charge in [0.1, 0.15) is 5.75 Å². The van der Waals surface area contributed by atoms with Crippen molar-refractivity contribution in [1.29, 1.82) is 0 Å². The predicted octanol–water partition coefficient (Wildman–Crippen LogP) is 2.30. The Morgan fingerprint density at radius 2 is 2.00 bits per heavy atom. The lowest BCUT2D eigenvalue weighted by atomic mass is 9.94. The van der Waals surface area contributed by atoms with Crippen molar-refractivity contribution in [1.82, 2.24) is 0 Å². The minimum atomic E-state index is -0.469. The van der Waals surface area contributed by atoms with Crippen LogP contribution in [0, 0.1) is 0 Å². The van der Waals surface area contributed by atoms with Crippen LogP contribution < -0.4 is 10.5 Å². The maximum Gasteiger partial charge on any atom is 0.119 e. The number of nitrogens with two attached hydrogens (primary N) is 1. The van der Waals surface area contributed by atoms with Gasteiger partial charge in [-0.15, -0.1) is 0 Å². The normalized spacial score (nSPS) is 14.5. The Bertz CT molecular complexity index is 323. The van der Waals surface area contributed by atoms with Gasteiger partial charge in [0.15, 0.2) is 0 Å². The maximum atomic E-state index is 6.21. The summed E-state index contributed by atoms with van der Waals surface area (Å²) in [6.07, 6.45) is 0. The minimum Gasteiger partial charge on any atom is -0.494 e. The van der Waals surface area contributed by atoms with E-state index >= 15 is 0 Å². The highest BCUT2D eigenvalue weighted by Crippen LogP contribution is 2.22. The molecule has 0 saturated carbocycles. The zero-order valence-corrected chi connectivity index (χ0v) is 10.3. The van der Waals surface area contributed by atoms with E-state index in [1.54, 1.807) is 0 Å². The lowest BCUT2D eigenvalue weighted by Crippen LogP contribution is -2.38. The highest BCUT2D eigenvalue weighted by molar-refractivity contribution is 5.32. The first kappa shape index (κ1) is 13.0. The molecule has 1 aromatic rings. The Balaban J connectivity index is 2.80. The lowest BCUT2D eigenvalue weighted by molar-refractivity contribution is 0.101. The number of rotatable bonds is 6. The molecule has 0 radical (unpaired) electrons. The summed E-state index contributed by atoms with van der Waals surface area (Å²) in [5.74, 6) is 0.855. The number of benzene rings is 1. The summed E-state index contributed by atoms with van der Waals surface area (Å²) in [5, 5.41) is 0. The first-order valence-electron chi connectivity index (χ1n) is 5.70. The summed E-state index contributed by atoms with van der Waals surface area (Å²) >= 11 is 0. The van der Waals surface area contributed by atoms with Crippen LogP contribution in [0.25, 0.3) is 0 Å². The van der Waals surface area contributed by atoms with Gasteiger partial charge < -0.3 is 15.2 Å². The van der Waals surface area contributed by atoms with E-state index in [0.717, 1.165) is 11.3 Å². The smallest absolute Gasteiger partial charge is 0.119 e. The Hall–Kier alpha value is -1.06. The zero-order chi connectivity index (χ0) is 12.0. The van der Waals surface area contributed by atoms with Gasteiger partial charge in [-0.1, -0.05) is 12.1 Å². The van der Waals surface area contributed by atoms with Gasteiger partial charge in [-0.05, 0) is 38.5 Å². The summed E-state index contributed by atoms with van der Waals surface area (Å²) in [5.41, 5.74) is 6.77. The van der Waals surface area contributed by atoms with Crippen LogP contribution in [0.2, 0.25) is 0 Å². The summed E-state index contributed by atoms with van der Waals surface area (Å²) < 4.78 is 10.8. The maximum absolute atomic E-state index is 6.21. The molecule has 0 fully saturated rings. The molecule has 16 heavy (non-hydrogen) atoms. The average molecular weight is 223 g/mol. The summed E-state index contributed by atoms with van der Waals surface area (Å²) in [7, 11) is 0. The fraction of sp³-hybridized carbons (Fsp3) is 0.538. The molecular weight excluding hydrogens is 202 g/mol. The number of hydrogen-bond acceptors (Lipinski definition) is 3. The van der Waals surface area contributed by atoms with Crippen LogP contribution in [0.1, 0.15) is 26.3 Å². The monoisotopic (exact) mass is 223 g/mol. The van der Waals surface area contributed by atoms with E-state index in [9.17, 15) is 0 Å². The van der Waals surface area contributed by atoms with Gasteiger partial charge in [0, 0.05) is 6.61 Å². The van der Waals surface area contributed by atoms with E-state index < -0.39 is 5.54 Å². The topological polar surface area (TPSA) is 44.5 Å². The van der Waals surface area contributed by atoms with Gasteiger partial charge >= 0.3 is 0 Å². The molecule has 0 amide bonds. The van der Waals surface area contributed by atoms with Gasteiger partial charge in [-0.3, -0.25) is 0 Å². The first-order valence-corrected chi connectivity index (χ1v) is 5.70. The summed E-state index contributed by atoms with van der Waals surface area (Å²) in [6, 6.07) is 7.87. The van der Waals surface area contributed by atoms with Crippen LogP contribution in [0.3, 0.4) is 0 Å². The second-order valence-electron chi connectivity index (χ2n) is 4.02. The molecule has 1 rings (SSSR count). The standard InChI is InChI=1S/C13H21NO2/c1-4-15-10-13(3,14)11-7-6-8-12(9-11)16-5-2/h6-9H,4-5,10,14H2,1-3H3. The predicted molar refractivity (Wildman–Crippen MR) is 65.6 cm³/mol. The summed E-state index contributed by atoms with van der Waals surface area (Å²) in [6.45, 7) is 7.75. The van der Waals surface area contributed by atoms with E-state index in [2.05, 4.69) is 0 Å². The van der Waals surface area contributed by atoms with Crippen molar-refractivity contribution in [2.24, 2.45) is 5.73 Å². The fourth-order valence-corrected chi connectivity index (χ4v) is 1.51. The minimum absolute atomic E-state index is 0.469. The Labute approximate surface area is 97.6 Å². The largest absolute Gasteiger partial charge is 0.494 e. The van der Waals surface area contributed by atoms with Crippen LogP contribution in [0.4, 0.5) is 0 Å². The van der Waals surface area contributed by atoms with Crippen molar-refractivity contribution in [3.05, 3.63) is 29.8 Å². The van der Waals surface area contributed by atoms with Gasteiger partial charge in [0.05, 0.1) is 18.8 Å². The Morgan fingerprint density at radius 3 is 2.62 bits per heavy atom. The molecule has 0 saturated heterocycles. The average Bonchev–Trinajstić information content (AvgIpc) is 2.27. The Morgan fingerprint density at radius 1 is 1.25 bits per heavy atom. The van der Waals surface area contributed by atoms with Crippen LogP contribution in [0.15, 0.2) is 24.3 Å². The number of ether oxygens (including phenoxy) is 2. The van der Waals surface area contributed by atoms with Crippen LogP contribution in [-0.4, -0.2) is 19.8 Å². The second-order valence-corrected chi connectivity index (χ2v) is 4.02. The zero-order valence-electron chi connectivity index (χ0n) is 10.3. The molecule has 1 aromatic carbocycles. The van der Waals surface area contributed by atoms with Crippen LogP contribution in [-0.2, 0) is 10.3 Å². The highest BCUT2D eigenvalue weighted by atomic mass is 16.5.